The van der Waals surface area contributed by atoms with Crippen LogP contribution in [-0.4, -0.2) is 10.8 Å². The fourth-order valence-corrected chi connectivity index (χ4v) is 3.06. The largest absolute Gasteiger partial charge is 0.355 e. The molecular formula is C20H23NO. The molecule has 114 valence electrons. The van der Waals surface area contributed by atoms with Crippen molar-refractivity contribution in [3.05, 3.63) is 48.0 Å². The molecule has 0 amide bonds. The van der Waals surface area contributed by atoms with E-state index in [1.165, 1.54) is 24.6 Å². The molecule has 0 fully saturated rings. The summed E-state index contributed by atoms with van der Waals surface area (Å²) in [5, 5.41) is 2.34. The van der Waals surface area contributed by atoms with Crippen LogP contribution in [0.1, 0.15) is 55.8 Å². The van der Waals surface area contributed by atoms with Gasteiger partial charge in [0.1, 0.15) is 0 Å². The third kappa shape index (κ3) is 3.06. The number of carbonyl (C=O) groups excluding carboxylic acids is 1. The number of H-pyrrole nitrogens is 1. The minimum atomic E-state index is 0.267. The molecule has 0 spiro atoms. The maximum Gasteiger partial charge on any atom is 0.162 e. The Labute approximate surface area is 131 Å². The van der Waals surface area contributed by atoms with E-state index in [2.05, 4.69) is 24.0 Å². The molecule has 1 heterocycles. The zero-order valence-electron chi connectivity index (χ0n) is 13.2. The molecule has 2 aromatic carbocycles. The van der Waals surface area contributed by atoms with Gasteiger partial charge in [-0.15, -0.1) is 0 Å². The van der Waals surface area contributed by atoms with E-state index >= 15 is 0 Å². The predicted octanol–water partition coefficient (Wildman–Crippen LogP) is 5.86. The molecule has 3 rings (SSSR count). The predicted molar refractivity (Wildman–Crippen MR) is 93.5 cm³/mol. The van der Waals surface area contributed by atoms with E-state index < -0.39 is 0 Å². The summed E-state index contributed by atoms with van der Waals surface area (Å²) in [6, 6.07) is 14.3. The number of Topliss-reactive ketones (excluding diaryl/α,β-unsaturated/α-hetero) is 1. The number of fused-ring (bicyclic) bond motifs is 3. The van der Waals surface area contributed by atoms with Gasteiger partial charge in [-0.1, -0.05) is 50.8 Å². The molecule has 0 aliphatic rings. The zero-order valence-corrected chi connectivity index (χ0v) is 13.2. The Morgan fingerprint density at radius 1 is 0.909 bits per heavy atom. The highest BCUT2D eigenvalue weighted by Gasteiger charge is 2.09. The van der Waals surface area contributed by atoms with E-state index in [0.29, 0.717) is 6.42 Å². The SMILES string of the molecule is CCCCCCCC(=O)c1ccc2[nH]c3ccccc3c2c1. The van der Waals surface area contributed by atoms with Crippen molar-refractivity contribution >= 4 is 27.6 Å². The summed E-state index contributed by atoms with van der Waals surface area (Å²) in [6.45, 7) is 2.21. The number of nitrogens with one attached hydrogen (secondary N) is 1. The van der Waals surface area contributed by atoms with Crippen molar-refractivity contribution < 1.29 is 4.79 Å². The van der Waals surface area contributed by atoms with Gasteiger partial charge >= 0.3 is 0 Å². The summed E-state index contributed by atoms with van der Waals surface area (Å²) < 4.78 is 0. The van der Waals surface area contributed by atoms with Gasteiger partial charge in [0.25, 0.3) is 0 Å². The fraction of sp³-hybridized carbons (Fsp3) is 0.350. The highest BCUT2D eigenvalue weighted by molar-refractivity contribution is 6.10. The molecule has 3 aromatic rings. The first-order valence-corrected chi connectivity index (χ1v) is 8.33. The Kier molecular flexibility index (Phi) is 4.57. The number of unbranched alkanes of at least 4 members (excludes halogenated alkanes) is 4. The van der Waals surface area contributed by atoms with Crippen LogP contribution in [0.25, 0.3) is 21.8 Å². The molecule has 0 unspecified atom stereocenters. The van der Waals surface area contributed by atoms with Crippen LogP contribution in [0.2, 0.25) is 0 Å². The second-order valence-electron chi connectivity index (χ2n) is 6.02. The topological polar surface area (TPSA) is 32.9 Å². The number of aromatic amines is 1. The molecule has 0 atom stereocenters. The summed E-state index contributed by atoms with van der Waals surface area (Å²) in [6.07, 6.45) is 6.59. The molecular weight excluding hydrogens is 270 g/mol. The van der Waals surface area contributed by atoms with Crippen LogP contribution in [0.15, 0.2) is 42.5 Å². The van der Waals surface area contributed by atoms with E-state index in [-0.39, 0.29) is 5.78 Å². The Morgan fingerprint density at radius 3 is 2.55 bits per heavy atom. The smallest absolute Gasteiger partial charge is 0.162 e. The minimum Gasteiger partial charge on any atom is -0.355 e. The normalized spacial score (nSPS) is 11.3. The lowest BCUT2D eigenvalue weighted by atomic mass is 10.0. The van der Waals surface area contributed by atoms with Crippen molar-refractivity contribution in [2.24, 2.45) is 0 Å². The molecule has 0 bridgehead atoms. The van der Waals surface area contributed by atoms with Crippen LogP contribution in [-0.2, 0) is 0 Å². The Bertz CT molecular complexity index is 785. The molecule has 1 aromatic heterocycles. The van der Waals surface area contributed by atoms with Gasteiger partial charge in [0.05, 0.1) is 0 Å². The number of para-hydroxylation sites is 1. The number of rotatable bonds is 7. The molecule has 1 N–H and O–H groups in total. The molecule has 0 aliphatic heterocycles. The molecule has 2 heteroatoms. The van der Waals surface area contributed by atoms with Crippen molar-refractivity contribution in [3.63, 3.8) is 0 Å². The van der Waals surface area contributed by atoms with Gasteiger partial charge in [-0.3, -0.25) is 4.79 Å². The van der Waals surface area contributed by atoms with E-state index in [4.69, 9.17) is 0 Å². The van der Waals surface area contributed by atoms with Gasteiger partial charge in [0.15, 0.2) is 5.78 Å². The number of carbonyl (C=O) groups is 1. The van der Waals surface area contributed by atoms with Crippen LogP contribution in [0.5, 0.6) is 0 Å². The Morgan fingerprint density at radius 2 is 1.68 bits per heavy atom. The number of benzene rings is 2. The van der Waals surface area contributed by atoms with Gasteiger partial charge < -0.3 is 4.98 Å². The highest BCUT2D eigenvalue weighted by Crippen LogP contribution is 2.26. The summed E-state index contributed by atoms with van der Waals surface area (Å²) in [7, 11) is 0. The first kappa shape index (κ1) is 14.8. The van der Waals surface area contributed by atoms with Crippen LogP contribution in [0.3, 0.4) is 0 Å². The molecule has 2 nitrogen and oxygen atoms in total. The standard InChI is InChI=1S/C20H23NO/c1-2-3-4-5-6-11-20(22)15-12-13-19-17(14-15)16-9-7-8-10-18(16)21-19/h7-10,12-14,21H,2-6,11H2,1H3. The van der Waals surface area contributed by atoms with Gasteiger partial charge in [0.2, 0.25) is 0 Å². The maximum atomic E-state index is 12.4. The van der Waals surface area contributed by atoms with E-state index in [1.807, 2.05) is 30.3 Å². The number of ketones is 1. The van der Waals surface area contributed by atoms with Crippen molar-refractivity contribution in [1.82, 2.24) is 4.98 Å². The average Bonchev–Trinajstić information content (AvgIpc) is 2.92. The molecule has 0 saturated heterocycles. The lowest BCUT2D eigenvalue weighted by Crippen LogP contribution is -1.98. The third-order valence-corrected chi connectivity index (χ3v) is 4.34. The second-order valence-corrected chi connectivity index (χ2v) is 6.02. The number of hydrogen-bond donors (Lipinski definition) is 1. The Hall–Kier alpha value is -2.09. The summed E-state index contributed by atoms with van der Waals surface area (Å²) in [5.41, 5.74) is 3.06. The third-order valence-electron chi connectivity index (χ3n) is 4.34. The van der Waals surface area contributed by atoms with Crippen LogP contribution >= 0.6 is 0 Å². The van der Waals surface area contributed by atoms with Gasteiger partial charge in [-0.25, -0.2) is 0 Å². The van der Waals surface area contributed by atoms with Crippen LogP contribution in [0.4, 0.5) is 0 Å². The van der Waals surface area contributed by atoms with Gasteiger partial charge in [-0.05, 0) is 30.7 Å². The average molecular weight is 293 g/mol. The van der Waals surface area contributed by atoms with Crippen molar-refractivity contribution in [1.29, 1.82) is 0 Å². The van der Waals surface area contributed by atoms with Crippen molar-refractivity contribution in [2.45, 2.75) is 45.4 Å². The molecule has 0 aliphatic carbocycles. The van der Waals surface area contributed by atoms with Crippen LogP contribution in [0, 0.1) is 0 Å². The van der Waals surface area contributed by atoms with E-state index in [1.54, 1.807) is 0 Å². The lowest BCUT2D eigenvalue weighted by Gasteiger charge is -2.02. The quantitative estimate of drug-likeness (QED) is 0.429. The number of hydrogen-bond acceptors (Lipinski definition) is 1. The van der Waals surface area contributed by atoms with Crippen LogP contribution < -0.4 is 0 Å². The first-order chi connectivity index (χ1) is 10.8. The highest BCUT2D eigenvalue weighted by atomic mass is 16.1. The Balaban J connectivity index is 1.76. The second kappa shape index (κ2) is 6.78. The monoisotopic (exact) mass is 293 g/mol. The lowest BCUT2D eigenvalue weighted by molar-refractivity contribution is 0.0979. The van der Waals surface area contributed by atoms with Gasteiger partial charge in [-0.2, -0.15) is 0 Å². The first-order valence-electron chi connectivity index (χ1n) is 8.33. The zero-order chi connectivity index (χ0) is 15.4. The minimum absolute atomic E-state index is 0.267. The summed E-state index contributed by atoms with van der Waals surface area (Å²) >= 11 is 0. The molecule has 0 radical (unpaired) electrons. The summed E-state index contributed by atoms with van der Waals surface area (Å²) in [4.78, 5) is 15.8. The van der Waals surface area contributed by atoms with Crippen molar-refractivity contribution in [3.8, 4) is 0 Å². The molecule has 22 heavy (non-hydrogen) atoms. The van der Waals surface area contributed by atoms with E-state index in [0.717, 1.165) is 34.8 Å². The molecule has 0 saturated carbocycles. The summed E-state index contributed by atoms with van der Waals surface area (Å²) in [5.74, 6) is 0.267. The fourth-order valence-electron chi connectivity index (χ4n) is 3.06. The van der Waals surface area contributed by atoms with Gasteiger partial charge in [0, 0.05) is 33.8 Å². The maximum absolute atomic E-state index is 12.4. The van der Waals surface area contributed by atoms with Crippen molar-refractivity contribution in [2.75, 3.05) is 0 Å². The van der Waals surface area contributed by atoms with E-state index in [9.17, 15) is 4.79 Å². The number of aromatic nitrogens is 1.